The van der Waals surface area contributed by atoms with E-state index in [0.717, 1.165) is 17.5 Å². The fourth-order valence-corrected chi connectivity index (χ4v) is 6.83. The second-order valence-electron chi connectivity index (χ2n) is 11.3. The first-order valence-electron chi connectivity index (χ1n) is 13.4. The second kappa shape index (κ2) is 10.0. The Hall–Kier alpha value is -3.21. The van der Waals surface area contributed by atoms with Crippen molar-refractivity contribution in [1.82, 2.24) is 14.7 Å². The third-order valence-electron chi connectivity index (χ3n) is 8.48. The SMILES string of the molecule is CCOC(=O)N1CCN(CCN2C[C@@]3(C)O[C@@](C)(C2)[C@H]2C(=O)N(c4ccc(C#N)c(C(F)(F)F)c4)C(=O)[C@H]23)CC1. The molecule has 3 amide bonds. The Morgan fingerprint density at radius 3 is 2.15 bits per heavy atom. The van der Waals surface area contributed by atoms with E-state index >= 15 is 0 Å². The van der Waals surface area contributed by atoms with E-state index in [1.54, 1.807) is 25.7 Å². The molecule has 216 valence electrons. The molecule has 0 saturated carbocycles. The monoisotopic (exact) mass is 563 g/mol. The van der Waals surface area contributed by atoms with Gasteiger partial charge in [0.15, 0.2) is 0 Å². The number of piperazine rings is 1. The lowest BCUT2D eigenvalue weighted by Crippen LogP contribution is -2.59. The number of anilines is 1. The molecule has 13 heteroatoms. The van der Waals surface area contributed by atoms with Crippen molar-refractivity contribution in [1.29, 1.82) is 5.26 Å². The molecule has 0 aromatic heterocycles. The predicted octanol–water partition coefficient (Wildman–Crippen LogP) is 2.32. The lowest BCUT2D eigenvalue weighted by Gasteiger charge is -2.45. The van der Waals surface area contributed by atoms with Crippen LogP contribution < -0.4 is 4.90 Å². The van der Waals surface area contributed by atoms with Gasteiger partial charge in [0, 0.05) is 52.4 Å². The molecule has 4 aliphatic heterocycles. The third-order valence-corrected chi connectivity index (χ3v) is 8.48. The van der Waals surface area contributed by atoms with Gasteiger partial charge in [-0.3, -0.25) is 19.4 Å². The average Bonchev–Trinajstić information content (AvgIpc) is 3.27. The van der Waals surface area contributed by atoms with Crippen LogP contribution >= 0.6 is 0 Å². The summed E-state index contributed by atoms with van der Waals surface area (Å²) in [5, 5.41) is 9.11. The number of carbonyl (C=O) groups is 3. The molecule has 0 spiro atoms. The Bertz CT molecular complexity index is 1220. The smallest absolute Gasteiger partial charge is 0.417 e. The minimum atomic E-state index is -4.81. The first-order valence-corrected chi connectivity index (χ1v) is 13.4. The van der Waals surface area contributed by atoms with E-state index in [1.165, 1.54) is 12.1 Å². The van der Waals surface area contributed by atoms with E-state index < -0.39 is 52.2 Å². The summed E-state index contributed by atoms with van der Waals surface area (Å²) in [5.41, 5.74) is -3.96. The van der Waals surface area contributed by atoms with Gasteiger partial charge in [0.1, 0.15) is 0 Å². The number of amides is 3. The molecular formula is C27H32F3N5O5. The molecule has 40 heavy (non-hydrogen) atoms. The number of ether oxygens (including phenoxy) is 2. The molecule has 0 unspecified atom stereocenters. The number of hydrogen-bond acceptors (Lipinski definition) is 8. The molecule has 0 aliphatic carbocycles. The van der Waals surface area contributed by atoms with Crippen LogP contribution in [0.1, 0.15) is 31.9 Å². The van der Waals surface area contributed by atoms with Gasteiger partial charge in [-0.15, -0.1) is 0 Å². The van der Waals surface area contributed by atoms with Crippen LogP contribution in [-0.2, 0) is 25.2 Å². The van der Waals surface area contributed by atoms with Crippen LogP contribution in [0.5, 0.6) is 0 Å². The van der Waals surface area contributed by atoms with Crippen molar-refractivity contribution >= 4 is 23.6 Å². The summed E-state index contributed by atoms with van der Waals surface area (Å²) in [6.07, 6.45) is -5.12. The van der Waals surface area contributed by atoms with Crippen molar-refractivity contribution in [3.8, 4) is 6.07 Å². The minimum Gasteiger partial charge on any atom is -0.450 e. The van der Waals surface area contributed by atoms with Crippen LogP contribution in [-0.4, -0.2) is 103 Å². The summed E-state index contributed by atoms with van der Waals surface area (Å²) in [7, 11) is 0. The van der Waals surface area contributed by atoms with Crippen LogP contribution in [0.4, 0.5) is 23.7 Å². The second-order valence-corrected chi connectivity index (χ2v) is 11.3. The van der Waals surface area contributed by atoms with Gasteiger partial charge in [0.05, 0.1) is 52.5 Å². The van der Waals surface area contributed by atoms with E-state index in [9.17, 15) is 27.6 Å². The van der Waals surface area contributed by atoms with E-state index in [4.69, 9.17) is 14.7 Å². The number of halogens is 3. The maximum Gasteiger partial charge on any atom is 0.417 e. The number of nitrogens with zero attached hydrogens (tertiary/aromatic N) is 5. The highest BCUT2D eigenvalue weighted by Gasteiger charge is 2.71. The molecular weight excluding hydrogens is 531 g/mol. The lowest BCUT2D eigenvalue weighted by molar-refractivity contribution is -0.169. The van der Waals surface area contributed by atoms with Crippen molar-refractivity contribution in [3.63, 3.8) is 0 Å². The number of carbonyl (C=O) groups excluding carboxylic acids is 3. The van der Waals surface area contributed by atoms with Gasteiger partial charge in [-0.05, 0) is 39.0 Å². The van der Waals surface area contributed by atoms with Crippen molar-refractivity contribution < 1.29 is 37.0 Å². The van der Waals surface area contributed by atoms with Gasteiger partial charge < -0.3 is 14.4 Å². The quantitative estimate of drug-likeness (QED) is 0.503. The van der Waals surface area contributed by atoms with Crippen LogP contribution in [0.25, 0.3) is 0 Å². The first kappa shape index (κ1) is 28.3. The standard InChI is InChI=1S/C27H32F3N5O5/c1-4-39-24(38)34-11-9-32(10-12-34)7-8-33-15-25(2)20-21(26(3,16-33)40-25)23(37)35(22(20)36)18-6-5-17(14-31)19(13-18)27(28,29)30/h5-6,13,20-21H,4,7-12,15-16H2,1-3H3/t20-,21+,25+,26-. The zero-order chi connectivity index (χ0) is 29.0. The molecule has 10 nitrogen and oxygen atoms in total. The molecule has 4 aliphatic rings. The summed E-state index contributed by atoms with van der Waals surface area (Å²) in [6, 6.07) is 4.41. The Balaban J connectivity index is 1.29. The molecule has 0 N–H and O–H groups in total. The Morgan fingerprint density at radius 1 is 1.05 bits per heavy atom. The fraction of sp³-hybridized carbons (Fsp3) is 0.630. The molecule has 4 fully saturated rings. The van der Waals surface area contributed by atoms with Gasteiger partial charge in [0.25, 0.3) is 0 Å². The van der Waals surface area contributed by atoms with Gasteiger partial charge in [-0.2, -0.15) is 18.4 Å². The van der Waals surface area contributed by atoms with Crippen LogP contribution in [0, 0.1) is 23.2 Å². The van der Waals surface area contributed by atoms with Gasteiger partial charge in [0.2, 0.25) is 11.8 Å². The molecule has 4 atom stereocenters. The van der Waals surface area contributed by atoms with Gasteiger partial charge in [-0.25, -0.2) is 9.69 Å². The Morgan fingerprint density at radius 2 is 1.62 bits per heavy atom. The van der Waals surface area contributed by atoms with Crippen LogP contribution in [0.3, 0.4) is 0 Å². The van der Waals surface area contributed by atoms with Crippen LogP contribution in [0.2, 0.25) is 0 Å². The molecule has 4 heterocycles. The first-order chi connectivity index (χ1) is 18.8. The topological polar surface area (TPSA) is 106 Å². The van der Waals surface area contributed by atoms with E-state index in [1.807, 2.05) is 0 Å². The fourth-order valence-electron chi connectivity index (χ4n) is 6.83. The highest BCUT2D eigenvalue weighted by atomic mass is 19.4. The number of fused-ring (bicyclic) bond motifs is 5. The van der Waals surface area contributed by atoms with Crippen molar-refractivity contribution in [3.05, 3.63) is 29.3 Å². The maximum atomic E-state index is 13.7. The summed E-state index contributed by atoms with van der Waals surface area (Å²) in [6.45, 7) is 10.4. The number of likely N-dealkylation sites (tertiary alicyclic amines) is 1. The largest absolute Gasteiger partial charge is 0.450 e. The third kappa shape index (κ3) is 4.71. The average molecular weight is 564 g/mol. The predicted molar refractivity (Wildman–Crippen MR) is 135 cm³/mol. The number of alkyl halides is 3. The highest BCUT2D eigenvalue weighted by molar-refractivity contribution is 6.23. The van der Waals surface area contributed by atoms with Crippen molar-refractivity contribution in [2.45, 2.75) is 38.1 Å². The zero-order valence-electron chi connectivity index (χ0n) is 22.7. The summed E-state index contributed by atoms with van der Waals surface area (Å²) in [4.78, 5) is 46.2. The van der Waals surface area contributed by atoms with E-state index in [2.05, 4.69) is 9.80 Å². The molecule has 0 radical (unpaired) electrons. The number of benzene rings is 1. The van der Waals surface area contributed by atoms with Gasteiger partial charge >= 0.3 is 12.3 Å². The maximum absolute atomic E-state index is 13.7. The number of morpholine rings is 1. The molecule has 1 aromatic rings. The van der Waals surface area contributed by atoms with Gasteiger partial charge in [-0.1, -0.05) is 0 Å². The van der Waals surface area contributed by atoms with Crippen LogP contribution in [0.15, 0.2) is 18.2 Å². The summed E-state index contributed by atoms with van der Waals surface area (Å²) >= 11 is 0. The van der Waals surface area contributed by atoms with Crippen molar-refractivity contribution in [2.24, 2.45) is 11.8 Å². The molecule has 4 saturated heterocycles. The number of imide groups is 1. The molecule has 5 rings (SSSR count). The molecule has 1 aromatic carbocycles. The minimum absolute atomic E-state index is 0.195. The van der Waals surface area contributed by atoms with E-state index in [0.29, 0.717) is 58.5 Å². The Labute approximate surface area is 230 Å². The highest BCUT2D eigenvalue weighted by Crippen LogP contribution is 2.55. The van der Waals surface area contributed by atoms with Crippen molar-refractivity contribution in [2.75, 3.05) is 63.9 Å². The normalized spacial score (nSPS) is 30.9. The summed E-state index contributed by atoms with van der Waals surface area (Å²) < 4.78 is 52.2. The lowest BCUT2D eigenvalue weighted by atomic mass is 9.79. The number of nitriles is 1. The molecule has 2 bridgehead atoms. The number of hydrogen-bond donors (Lipinski definition) is 0. The van der Waals surface area contributed by atoms with E-state index in [-0.39, 0.29) is 11.8 Å². The summed E-state index contributed by atoms with van der Waals surface area (Å²) in [5.74, 6) is -2.85. The Kier molecular flexibility index (Phi) is 7.09. The zero-order valence-corrected chi connectivity index (χ0v) is 22.7. The number of rotatable bonds is 5.